The molecule has 0 radical (unpaired) electrons. The SMILES string of the molecule is CCNC(=NCCCSc1nccs1)NC1CCCC(C(=O)NC2CC2)C1.I. The number of hydrogen-bond acceptors (Lipinski definition) is 5. The van der Waals surface area contributed by atoms with Crippen molar-refractivity contribution >= 4 is 58.9 Å². The first-order valence-electron chi connectivity index (χ1n) is 10.1. The van der Waals surface area contributed by atoms with E-state index in [1.807, 2.05) is 11.6 Å². The molecule has 2 saturated carbocycles. The Labute approximate surface area is 193 Å². The van der Waals surface area contributed by atoms with E-state index in [4.69, 9.17) is 4.99 Å². The van der Waals surface area contributed by atoms with Crippen molar-refractivity contribution < 1.29 is 4.79 Å². The zero-order valence-corrected chi connectivity index (χ0v) is 20.4. The molecule has 9 heteroatoms. The molecule has 0 aromatic carbocycles. The lowest BCUT2D eigenvalue weighted by molar-refractivity contribution is -0.126. The molecule has 0 spiro atoms. The summed E-state index contributed by atoms with van der Waals surface area (Å²) in [6.45, 7) is 3.73. The van der Waals surface area contributed by atoms with Crippen LogP contribution in [-0.2, 0) is 4.79 Å². The molecule has 2 atom stereocenters. The van der Waals surface area contributed by atoms with Gasteiger partial charge in [0, 0.05) is 48.4 Å². The summed E-state index contributed by atoms with van der Waals surface area (Å²) in [4.78, 5) is 21.4. The number of thiazole rings is 1. The fraction of sp³-hybridized carbons (Fsp3) is 0.737. The second-order valence-electron chi connectivity index (χ2n) is 7.25. The number of nitrogens with one attached hydrogen (secondary N) is 3. The van der Waals surface area contributed by atoms with Crippen LogP contribution in [0.25, 0.3) is 0 Å². The number of aromatic nitrogens is 1. The van der Waals surface area contributed by atoms with Crippen molar-refractivity contribution in [3.63, 3.8) is 0 Å². The number of nitrogens with zero attached hydrogens (tertiary/aromatic N) is 2. The number of carbonyl (C=O) groups excluding carboxylic acids is 1. The third-order valence-electron chi connectivity index (χ3n) is 4.86. The molecular weight excluding hydrogens is 505 g/mol. The molecule has 2 fully saturated rings. The molecule has 6 nitrogen and oxygen atoms in total. The maximum atomic E-state index is 12.4. The summed E-state index contributed by atoms with van der Waals surface area (Å²) in [5, 5.41) is 12.1. The maximum Gasteiger partial charge on any atom is 0.223 e. The first-order valence-corrected chi connectivity index (χ1v) is 12.0. The van der Waals surface area contributed by atoms with Crippen LogP contribution in [0.5, 0.6) is 0 Å². The van der Waals surface area contributed by atoms with Gasteiger partial charge in [0.25, 0.3) is 0 Å². The first-order chi connectivity index (χ1) is 13.2. The number of aliphatic imine (C=N–C) groups is 1. The molecule has 0 bridgehead atoms. The van der Waals surface area contributed by atoms with Gasteiger partial charge in [0.2, 0.25) is 5.91 Å². The quantitative estimate of drug-likeness (QED) is 0.148. The fourth-order valence-electron chi connectivity index (χ4n) is 3.32. The number of halogens is 1. The van der Waals surface area contributed by atoms with Crippen LogP contribution >= 0.6 is 47.1 Å². The molecule has 2 aliphatic carbocycles. The van der Waals surface area contributed by atoms with Crippen LogP contribution in [0.1, 0.15) is 51.9 Å². The average Bonchev–Trinajstić information content (AvgIpc) is 3.33. The van der Waals surface area contributed by atoms with Crippen molar-refractivity contribution in [3.8, 4) is 0 Å². The molecular formula is C19H32IN5OS2. The van der Waals surface area contributed by atoms with Gasteiger partial charge in [-0.25, -0.2) is 4.98 Å². The Balaban J connectivity index is 0.00000280. The predicted molar refractivity (Wildman–Crippen MR) is 129 cm³/mol. The lowest BCUT2D eigenvalue weighted by atomic mass is 9.85. The number of rotatable bonds is 9. The molecule has 1 amide bonds. The second-order valence-corrected chi connectivity index (χ2v) is 9.48. The number of hydrogen-bond donors (Lipinski definition) is 3. The van der Waals surface area contributed by atoms with Gasteiger partial charge in [-0.3, -0.25) is 9.79 Å². The average molecular weight is 538 g/mol. The molecule has 3 rings (SSSR count). The van der Waals surface area contributed by atoms with Gasteiger partial charge in [0.1, 0.15) is 4.34 Å². The minimum atomic E-state index is 0. The largest absolute Gasteiger partial charge is 0.357 e. The Morgan fingerprint density at radius 1 is 1.29 bits per heavy atom. The lowest BCUT2D eigenvalue weighted by Gasteiger charge is -2.30. The Morgan fingerprint density at radius 2 is 2.14 bits per heavy atom. The van der Waals surface area contributed by atoms with Gasteiger partial charge in [0.05, 0.1) is 0 Å². The molecule has 1 heterocycles. The van der Waals surface area contributed by atoms with E-state index in [2.05, 4.69) is 27.9 Å². The summed E-state index contributed by atoms with van der Waals surface area (Å²) in [6, 6.07) is 0.781. The second kappa shape index (κ2) is 12.9. The molecule has 1 aromatic heterocycles. The summed E-state index contributed by atoms with van der Waals surface area (Å²) in [6.07, 6.45) is 9.30. The Kier molecular flexibility index (Phi) is 10.9. The van der Waals surface area contributed by atoms with Crippen molar-refractivity contribution in [2.45, 2.75) is 68.3 Å². The van der Waals surface area contributed by atoms with Crippen LogP contribution in [0.4, 0.5) is 0 Å². The highest BCUT2D eigenvalue weighted by molar-refractivity contribution is 14.0. The van der Waals surface area contributed by atoms with Gasteiger partial charge < -0.3 is 16.0 Å². The highest BCUT2D eigenvalue weighted by Gasteiger charge is 2.31. The predicted octanol–water partition coefficient (Wildman–Crippen LogP) is 3.64. The summed E-state index contributed by atoms with van der Waals surface area (Å²) in [5.41, 5.74) is 0. The van der Waals surface area contributed by atoms with Crippen molar-refractivity contribution in [1.82, 2.24) is 20.9 Å². The van der Waals surface area contributed by atoms with Gasteiger partial charge in [-0.1, -0.05) is 18.2 Å². The third-order valence-corrected chi connectivity index (χ3v) is 6.91. The van der Waals surface area contributed by atoms with Crippen LogP contribution in [-0.4, -0.2) is 47.8 Å². The topological polar surface area (TPSA) is 78.4 Å². The number of carbonyl (C=O) groups is 1. The minimum absolute atomic E-state index is 0. The minimum Gasteiger partial charge on any atom is -0.357 e. The van der Waals surface area contributed by atoms with E-state index in [9.17, 15) is 4.79 Å². The van der Waals surface area contributed by atoms with Gasteiger partial charge >= 0.3 is 0 Å². The molecule has 3 N–H and O–H groups in total. The van der Waals surface area contributed by atoms with E-state index >= 15 is 0 Å². The van der Waals surface area contributed by atoms with Gasteiger partial charge in [0.15, 0.2) is 5.96 Å². The summed E-state index contributed by atoms with van der Waals surface area (Å²) in [5.74, 6) is 2.31. The number of amides is 1. The van der Waals surface area contributed by atoms with E-state index < -0.39 is 0 Å². The van der Waals surface area contributed by atoms with Crippen molar-refractivity contribution in [1.29, 1.82) is 0 Å². The highest BCUT2D eigenvalue weighted by atomic mass is 127. The smallest absolute Gasteiger partial charge is 0.223 e. The van der Waals surface area contributed by atoms with Gasteiger partial charge in [-0.15, -0.1) is 35.3 Å². The molecule has 0 saturated heterocycles. The number of thioether (sulfide) groups is 1. The zero-order valence-electron chi connectivity index (χ0n) is 16.5. The van der Waals surface area contributed by atoms with Crippen molar-refractivity contribution in [3.05, 3.63) is 11.6 Å². The molecule has 0 aliphatic heterocycles. The Hall–Kier alpha value is -0.550. The molecule has 1 aromatic rings. The number of guanidine groups is 1. The third kappa shape index (κ3) is 8.44. The molecule has 158 valence electrons. The van der Waals surface area contributed by atoms with E-state index in [0.29, 0.717) is 12.1 Å². The van der Waals surface area contributed by atoms with E-state index in [0.717, 1.165) is 74.1 Å². The Bertz CT molecular complexity index is 609. The van der Waals surface area contributed by atoms with E-state index in [1.165, 1.54) is 0 Å². The summed E-state index contributed by atoms with van der Waals surface area (Å²) in [7, 11) is 0. The van der Waals surface area contributed by atoms with Crippen LogP contribution in [0.2, 0.25) is 0 Å². The molecule has 2 unspecified atom stereocenters. The van der Waals surface area contributed by atoms with Gasteiger partial charge in [-0.2, -0.15) is 0 Å². The normalized spacial score (nSPS) is 22.2. The van der Waals surface area contributed by atoms with Crippen molar-refractivity contribution in [2.24, 2.45) is 10.9 Å². The van der Waals surface area contributed by atoms with Crippen LogP contribution in [0, 0.1) is 5.92 Å². The van der Waals surface area contributed by atoms with Crippen LogP contribution < -0.4 is 16.0 Å². The van der Waals surface area contributed by atoms with Crippen molar-refractivity contribution in [2.75, 3.05) is 18.8 Å². The van der Waals surface area contributed by atoms with E-state index in [-0.39, 0.29) is 35.8 Å². The lowest BCUT2D eigenvalue weighted by Crippen LogP contribution is -2.47. The van der Waals surface area contributed by atoms with Crippen LogP contribution in [0.15, 0.2) is 20.9 Å². The monoisotopic (exact) mass is 537 g/mol. The summed E-state index contributed by atoms with van der Waals surface area (Å²) < 4.78 is 1.13. The highest BCUT2D eigenvalue weighted by Crippen LogP contribution is 2.26. The molecule has 2 aliphatic rings. The first kappa shape index (κ1) is 23.7. The van der Waals surface area contributed by atoms with E-state index in [1.54, 1.807) is 23.1 Å². The standard InChI is InChI=1S/C19H31N5OS2.HI/c1-2-20-18(21-9-4-11-26-19-22-10-12-27-19)24-16-6-3-5-14(13-16)17(25)23-15-7-8-15;/h10,12,14-16H,2-9,11,13H2,1H3,(H,23,25)(H2,20,21,24);1H. The van der Waals surface area contributed by atoms with Gasteiger partial charge in [-0.05, 0) is 45.4 Å². The fourth-order valence-corrected chi connectivity index (χ4v) is 4.95. The summed E-state index contributed by atoms with van der Waals surface area (Å²) >= 11 is 3.48. The zero-order chi connectivity index (χ0) is 18.9. The Morgan fingerprint density at radius 3 is 2.86 bits per heavy atom. The molecule has 28 heavy (non-hydrogen) atoms. The maximum absolute atomic E-state index is 12.4. The van der Waals surface area contributed by atoms with Crippen LogP contribution in [0.3, 0.4) is 0 Å².